The molecule has 0 aromatic carbocycles. The second-order valence-electron chi connectivity index (χ2n) is 29.0. The molecule has 16 bridgehead atoms. The topological polar surface area (TPSA) is 395 Å². The summed E-state index contributed by atoms with van der Waals surface area (Å²) in [4.78, 5) is 287. The molecule has 0 saturated carbocycles. The summed E-state index contributed by atoms with van der Waals surface area (Å²) in [5.74, 6) is 0.0288. The number of amides is 32. The zero-order valence-electron chi connectivity index (χ0n) is 52.6. The standard InChI is InChI=1S/C52H54N32O17/c1-3-5-101-52-35-81-17-77-32-31-73(46(77)95)13-69-30-29-67(44(69)93)11-64-26-25-59(40(64)89)7-56-22-21(53-36(56)85)55-6-58-23-24-60(37(86)54(23)4-2)9-63-27-28-71(42(63)91)15-75-33-34(79(48(75)97)19-83(52)50(81)99)80(49(98)76(33)16-72(28)43(92)65(27)10-62(24)39(58)88)20-84(52)51(100)82(35)18-78(32)47(96)74(31)14-70(30)45(94)68(29)12-66(26)41(90)61(25)8-57(22)38(55)87/h1,21-35H,4-20H2,2H3,(H,53,85). The quantitative estimate of drug-likeness (QED) is 0.257. The van der Waals surface area contributed by atoms with E-state index in [1.54, 1.807) is 6.92 Å². The number of fused-ring (bicyclic) bond motifs is 4. The predicted octanol–water partition coefficient (Wildman–Crippen LogP) is -7.24. The lowest BCUT2D eigenvalue weighted by molar-refractivity contribution is -0.227. The summed E-state index contributed by atoms with van der Waals surface area (Å²) in [5, 5.41) is 2.85. The highest BCUT2D eigenvalue weighted by atomic mass is 16.6. The molecule has 32 amide bonds. The third-order valence-electron chi connectivity index (χ3n) is 25.4. The Morgan fingerprint density at radius 1 is 0.297 bits per heavy atom. The summed E-state index contributed by atoms with van der Waals surface area (Å²) in [5.41, 5.74) is 0. The van der Waals surface area contributed by atoms with Crippen LogP contribution >= 0.6 is 0 Å². The SMILES string of the molecule is C#CCOC12C3N4CN5C(=O)N6CN7C(=O)N8CN9C(=O)N%10CN%11C(=O)NC%12C%11N%11CN%13C(=O)N(CN%14C(=O)N(CN%15C(=O)N(CN3C(=O)N1CN1C(=O)N3CN%16C(=O)N%17CN%18C(=O)N(CN%12C%11=O)C%11C%18N(CN%12C(=O)N(CN%18C(=O)N(CN2C4=O)C1C%183)C%16C%12%17)C(=O)N%11CC)C5C6%15)C7C8%14)C9C%10%13. The van der Waals surface area contributed by atoms with Gasteiger partial charge in [-0.3, -0.25) is 147 Å². The number of rotatable bonds is 3. The molecule has 0 aromatic rings. The van der Waals surface area contributed by atoms with Crippen molar-refractivity contribution < 1.29 is 81.4 Å². The van der Waals surface area contributed by atoms with Crippen LogP contribution in [0.4, 0.5) is 76.7 Å². The molecule has 24 rings (SSSR count). The molecule has 0 radical (unpaired) electrons. The van der Waals surface area contributed by atoms with Crippen molar-refractivity contribution in [3.8, 4) is 12.3 Å². The summed E-state index contributed by atoms with van der Waals surface area (Å²) >= 11 is 0. The molecule has 49 heteroatoms. The van der Waals surface area contributed by atoms with Gasteiger partial charge >= 0.3 is 96.5 Å². The first kappa shape index (κ1) is 54.8. The van der Waals surface area contributed by atoms with Crippen LogP contribution in [0, 0.1) is 12.3 Å². The minimum atomic E-state index is -2.37. The number of likely N-dealkylation sites (N-methyl/N-ethyl adjacent to an activating group) is 1. The van der Waals surface area contributed by atoms with Crippen molar-refractivity contribution in [2.45, 2.75) is 105 Å². The second kappa shape index (κ2) is 16.6. The Morgan fingerprint density at radius 2 is 0.525 bits per heavy atom. The lowest BCUT2D eigenvalue weighted by Crippen LogP contribution is -2.69. The average molecular weight is 1400 g/mol. The summed E-state index contributed by atoms with van der Waals surface area (Å²) in [6.07, 6.45) is -14.0. The first-order valence-corrected chi connectivity index (χ1v) is 32.9. The maximum Gasteiger partial charge on any atom is 0.328 e. The number of carbonyl (C=O) groups is 16. The zero-order chi connectivity index (χ0) is 68.4. The Bertz CT molecular complexity index is 4340. The van der Waals surface area contributed by atoms with Crippen molar-refractivity contribution in [3.05, 3.63) is 0 Å². The monoisotopic (exact) mass is 1400 g/mol. The largest absolute Gasteiger partial charge is 0.328 e. The molecule has 24 aliphatic rings. The van der Waals surface area contributed by atoms with E-state index in [4.69, 9.17) is 11.2 Å². The number of nitrogens with one attached hydrogen (secondary N) is 1. The van der Waals surface area contributed by atoms with Gasteiger partial charge in [-0.2, -0.15) is 0 Å². The summed E-state index contributed by atoms with van der Waals surface area (Å²) in [6, 6.07) is -12.7. The zero-order valence-corrected chi connectivity index (χ0v) is 52.6. The van der Waals surface area contributed by atoms with Gasteiger partial charge in [-0.25, -0.2) is 76.7 Å². The smallest absolute Gasteiger partial charge is 0.321 e. The van der Waals surface area contributed by atoms with Gasteiger partial charge in [-0.05, 0) is 6.92 Å². The maximum atomic E-state index is 16.0. The number of hydrogen-bond acceptors (Lipinski definition) is 17. The maximum absolute atomic E-state index is 16.0. The molecule has 0 aromatic heterocycles. The number of carbonyl (C=O) groups excluding carboxylic acids is 16. The molecular weight excluding hydrogens is 1340 g/mol. The van der Waals surface area contributed by atoms with Crippen LogP contribution in [0.1, 0.15) is 6.92 Å². The highest BCUT2D eigenvalue weighted by Crippen LogP contribution is 2.55. The lowest BCUT2D eigenvalue weighted by Gasteiger charge is -2.47. The van der Waals surface area contributed by atoms with Crippen molar-refractivity contribution in [1.29, 1.82) is 0 Å². The predicted molar refractivity (Wildman–Crippen MR) is 304 cm³/mol. The fraction of sp³-hybridized carbons (Fsp3) is 0.654. The normalized spacial score (nSPS) is 39.2. The molecule has 1 N–H and O–H groups in total. The fourth-order valence-corrected chi connectivity index (χ4v) is 21.4. The molecule has 0 aliphatic carbocycles. The van der Waals surface area contributed by atoms with Gasteiger partial charge in [0.2, 0.25) is 0 Å². The molecule has 24 heterocycles. The molecule has 24 aliphatic heterocycles. The lowest BCUT2D eigenvalue weighted by atomic mass is 10.2. The van der Waals surface area contributed by atoms with E-state index >= 15 is 71.9 Å². The van der Waals surface area contributed by atoms with Gasteiger partial charge in [-0.15, -0.1) is 6.42 Å². The molecule has 24 saturated heterocycles. The van der Waals surface area contributed by atoms with Crippen molar-refractivity contribution in [1.82, 2.24) is 157 Å². The number of urea groups is 16. The van der Waals surface area contributed by atoms with Crippen molar-refractivity contribution in [2.75, 3.05) is 113 Å². The minimum Gasteiger partial charge on any atom is -0.321 e. The number of nitrogens with zero attached hydrogens (tertiary/aromatic N) is 31. The van der Waals surface area contributed by atoms with Crippen LogP contribution in [0.3, 0.4) is 0 Å². The van der Waals surface area contributed by atoms with E-state index in [1.165, 1.54) is 132 Å². The van der Waals surface area contributed by atoms with Gasteiger partial charge in [0, 0.05) is 6.54 Å². The highest BCUT2D eigenvalue weighted by molar-refractivity contribution is 5.96. The van der Waals surface area contributed by atoms with Crippen molar-refractivity contribution >= 4 is 96.5 Å². The molecule has 24 fully saturated rings. The Balaban J connectivity index is 0.673. The molecule has 101 heavy (non-hydrogen) atoms. The van der Waals surface area contributed by atoms with E-state index in [1.807, 2.05) is 0 Å². The van der Waals surface area contributed by atoms with Gasteiger partial charge in [0.1, 0.15) is 113 Å². The van der Waals surface area contributed by atoms with Gasteiger partial charge in [0.15, 0.2) is 86.3 Å². The molecular formula is C52H54N32O17. The minimum absolute atomic E-state index is 0.0224. The van der Waals surface area contributed by atoms with Crippen LogP contribution in [0.5, 0.6) is 0 Å². The van der Waals surface area contributed by atoms with Crippen LogP contribution in [-0.2, 0) is 4.74 Å². The first-order chi connectivity index (χ1) is 48.7. The summed E-state index contributed by atoms with van der Waals surface area (Å²) in [7, 11) is 0. The number of hydrogen-bond donors (Lipinski definition) is 1. The van der Waals surface area contributed by atoms with E-state index in [0.717, 1.165) is 19.6 Å². The molecule has 16 unspecified atom stereocenters. The van der Waals surface area contributed by atoms with Crippen molar-refractivity contribution in [2.24, 2.45) is 0 Å². The summed E-state index contributed by atoms with van der Waals surface area (Å²) < 4.78 is 6.62. The second-order valence-corrected chi connectivity index (χ2v) is 29.0. The first-order valence-electron chi connectivity index (χ1n) is 32.9. The van der Waals surface area contributed by atoms with E-state index < -0.39 is 301 Å². The molecule has 16 atom stereocenters. The molecule has 524 valence electrons. The molecule has 0 spiro atoms. The van der Waals surface area contributed by atoms with Gasteiger partial charge in [0.25, 0.3) is 5.85 Å². The third-order valence-corrected chi connectivity index (χ3v) is 25.4. The van der Waals surface area contributed by atoms with Crippen molar-refractivity contribution in [3.63, 3.8) is 0 Å². The van der Waals surface area contributed by atoms with Gasteiger partial charge < -0.3 is 15.0 Å². The van der Waals surface area contributed by atoms with E-state index in [0.29, 0.717) is 0 Å². The molecule has 49 nitrogen and oxygen atoms in total. The fourth-order valence-electron chi connectivity index (χ4n) is 21.4. The number of ether oxygens (including phenoxy) is 1. The highest BCUT2D eigenvalue weighted by Gasteiger charge is 2.80. The third kappa shape index (κ3) is 5.44. The van der Waals surface area contributed by atoms with Crippen LogP contribution < -0.4 is 5.32 Å². The van der Waals surface area contributed by atoms with Gasteiger partial charge in [-0.1, -0.05) is 5.92 Å². The van der Waals surface area contributed by atoms with Crippen LogP contribution in [0.15, 0.2) is 0 Å². The number of terminal acetylenes is 1. The van der Waals surface area contributed by atoms with E-state index in [2.05, 4.69) is 11.2 Å². The Hall–Kier alpha value is -12.2. The summed E-state index contributed by atoms with van der Waals surface area (Å²) in [6.45, 7) is -8.27. The Morgan fingerprint density at radius 3 is 0.822 bits per heavy atom. The average Bonchev–Trinajstić information content (AvgIpc) is 1.51. The van der Waals surface area contributed by atoms with Crippen LogP contribution in [0.25, 0.3) is 0 Å². The van der Waals surface area contributed by atoms with E-state index in [9.17, 15) is 4.79 Å². The van der Waals surface area contributed by atoms with Crippen LogP contribution in [0.2, 0.25) is 0 Å². The Labute approximate surface area is 564 Å². The van der Waals surface area contributed by atoms with E-state index in [-0.39, 0.29) is 6.54 Å². The van der Waals surface area contributed by atoms with Gasteiger partial charge in [0.05, 0.1) is 0 Å². The van der Waals surface area contributed by atoms with Crippen LogP contribution in [-0.4, -0.2) is 460 Å². The Kier molecular flexibility index (Phi) is 9.00.